The van der Waals surface area contributed by atoms with Crippen molar-refractivity contribution in [3.05, 3.63) is 47.0 Å². The summed E-state index contributed by atoms with van der Waals surface area (Å²) in [6.07, 6.45) is 4.55. The van der Waals surface area contributed by atoms with Gasteiger partial charge in [0.05, 0.1) is 17.3 Å². The highest BCUT2D eigenvalue weighted by atomic mass is 35.5. The van der Waals surface area contributed by atoms with Gasteiger partial charge in [0.2, 0.25) is 0 Å². The molecule has 5 heteroatoms. The average Bonchev–Trinajstić information content (AvgIpc) is 2.74. The lowest BCUT2D eigenvalue weighted by Gasteiger charge is -2.24. The van der Waals surface area contributed by atoms with Crippen LogP contribution in [0.2, 0.25) is 5.02 Å². The molecule has 20 heavy (non-hydrogen) atoms. The molecule has 0 amide bonds. The molecule has 1 aromatic heterocycles. The Morgan fingerprint density at radius 3 is 2.80 bits per heavy atom. The smallest absolute Gasteiger partial charge is 0.127 e. The SMILES string of the molecule is CC(N)Cc1cccc(Cl)c1N(C)Cc1nccn1C. The van der Waals surface area contributed by atoms with Crippen molar-refractivity contribution < 1.29 is 0 Å². The van der Waals surface area contributed by atoms with Crippen LogP contribution < -0.4 is 10.6 Å². The molecule has 1 heterocycles. The standard InChI is InChI=1S/C15H21ClN4/c1-11(17)9-12-5-4-6-13(16)15(12)20(3)10-14-18-7-8-19(14)2/h4-8,11H,9-10,17H2,1-3H3. The summed E-state index contributed by atoms with van der Waals surface area (Å²) in [6, 6.07) is 6.07. The van der Waals surface area contributed by atoms with E-state index in [1.807, 2.05) is 43.9 Å². The summed E-state index contributed by atoms with van der Waals surface area (Å²) in [5.74, 6) is 0.999. The summed E-state index contributed by atoms with van der Waals surface area (Å²) >= 11 is 6.38. The van der Waals surface area contributed by atoms with E-state index in [0.29, 0.717) is 6.54 Å². The van der Waals surface area contributed by atoms with Gasteiger partial charge in [-0.15, -0.1) is 0 Å². The first kappa shape index (κ1) is 14.9. The molecular formula is C15H21ClN4. The number of hydrogen-bond donors (Lipinski definition) is 1. The zero-order chi connectivity index (χ0) is 14.7. The lowest BCUT2D eigenvalue weighted by molar-refractivity contribution is 0.726. The second-order valence-corrected chi connectivity index (χ2v) is 5.65. The first-order valence-electron chi connectivity index (χ1n) is 6.69. The number of rotatable bonds is 5. The molecule has 1 aromatic carbocycles. The summed E-state index contributed by atoms with van der Waals surface area (Å²) in [5, 5.41) is 0.750. The highest BCUT2D eigenvalue weighted by Gasteiger charge is 2.14. The maximum Gasteiger partial charge on any atom is 0.127 e. The summed E-state index contributed by atoms with van der Waals surface area (Å²) in [7, 11) is 4.02. The molecule has 0 aliphatic rings. The molecule has 0 saturated heterocycles. The van der Waals surface area contributed by atoms with Crippen LogP contribution in [0, 0.1) is 0 Å². The van der Waals surface area contributed by atoms with Gasteiger partial charge in [-0.25, -0.2) is 4.98 Å². The minimum absolute atomic E-state index is 0.105. The lowest BCUT2D eigenvalue weighted by Crippen LogP contribution is -2.23. The Morgan fingerprint density at radius 2 is 2.20 bits per heavy atom. The lowest BCUT2D eigenvalue weighted by atomic mass is 10.0. The Morgan fingerprint density at radius 1 is 1.45 bits per heavy atom. The number of nitrogens with zero attached hydrogens (tertiary/aromatic N) is 3. The van der Waals surface area contributed by atoms with Gasteiger partial charge in [-0.2, -0.15) is 0 Å². The Hall–Kier alpha value is -1.52. The predicted molar refractivity (Wildman–Crippen MR) is 84.1 cm³/mol. The minimum atomic E-state index is 0.105. The summed E-state index contributed by atoms with van der Waals surface area (Å²) in [6.45, 7) is 2.71. The second kappa shape index (κ2) is 6.29. The van der Waals surface area contributed by atoms with E-state index in [1.54, 1.807) is 6.20 Å². The van der Waals surface area contributed by atoms with Crippen LogP contribution in [0.1, 0.15) is 18.3 Å². The van der Waals surface area contributed by atoms with Gasteiger partial charge in [-0.05, 0) is 25.0 Å². The molecule has 0 bridgehead atoms. The highest BCUT2D eigenvalue weighted by molar-refractivity contribution is 6.33. The highest BCUT2D eigenvalue weighted by Crippen LogP contribution is 2.30. The van der Waals surface area contributed by atoms with Gasteiger partial charge in [0, 0.05) is 32.5 Å². The molecule has 108 valence electrons. The van der Waals surface area contributed by atoms with Gasteiger partial charge in [0.25, 0.3) is 0 Å². The monoisotopic (exact) mass is 292 g/mol. The van der Waals surface area contributed by atoms with Crippen molar-refractivity contribution >= 4 is 17.3 Å². The van der Waals surface area contributed by atoms with Gasteiger partial charge in [0.1, 0.15) is 5.82 Å². The fourth-order valence-electron chi connectivity index (χ4n) is 2.34. The maximum atomic E-state index is 6.38. The van der Waals surface area contributed by atoms with Crippen molar-refractivity contribution in [1.82, 2.24) is 9.55 Å². The van der Waals surface area contributed by atoms with E-state index >= 15 is 0 Å². The van der Waals surface area contributed by atoms with Crippen molar-refractivity contribution in [1.29, 1.82) is 0 Å². The van der Waals surface area contributed by atoms with E-state index in [9.17, 15) is 0 Å². The van der Waals surface area contributed by atoms with Crippen molar-refractivity contribution in [2.75, 3.05) is 11.9 Å². The minimum Gasteiger partial charge on any atom is -0.366 e. The quantitative estimate of drug-likeness (QED) is 0.921. The normalized spacial score (nSPS) is 12.4. The van der Waals surface area contributed by atoms with E-state index < -0.39 is 0 Å². The number of nitrogens with two attached hydrogens (primary N) is 1. The van der Waals surface area contributed by atoms with E-state index in [0.717, 1.165) is 23.0 Å². The second-order valence-electron chi connectivity index (χ2n) is 5.24. The molecule has 0 fully saturated rings. The summed E-state index contributed by atoms with van der Waals surface area (Å²) in [5.41, 5.74) is 8.13. The molecule has 0 aliphatic carbocycles. The van der Waals surface area contributed by atoms with Crippen molar-refractivity contribution in [2.24, 2.45) is 12.8 Å². The fraction of sp³-hybridized carbons (Fsp3) is 0.400. The van der Waals surface area contributed by atoms with Crippen LogP contribution in [0.3, 0.4) is 0 Å². The predicted octanol–water partition coefficient (Wildman–Crippen LogP) is 2.60. The Bertz CT molecular complexity index is 577. The molecule has 0 aliphatic heterocycles. The molecule has 0 radical (unpaired) electrons. The number of para-hydroxylation sites is 1. The molecule has 2 aromatic rings. The number of aryl methyl sites for hydroxylation is 1. The number of imidazole rings is 1. The van der Waals surface area contributed by atoms with Crippen LogP contribution in [-0.4, -0.2) is 22.6 Å². The van der Waals surface area contributed by atoms with Gasteiger partial charge >= 0.3 is 0 Å². The van der Waals surface area contributed by atoms with Gasteiger partial charge < -0.3 is 15.2 Å². The zero-order valence-corrected chi connectivity index (χ0v) is 12.9. The number of hydrogen-bond acceptors (Lipinski definition) is 3. The average molecular weight is 293 g/mol. The van der Waals surface area contributed by atoms with Crippen LogP contribution in [-0.2, 0) is 20.0 Å². The molecule has 2 N–H and O–H groups in total. The third-order valence-electron chi connectivity index (χ3n) is 3.29. The van der Waals surface area contributed by atoms with E-state index in [1.165, 1.54) is 5.56 Å². The van der Waals surface area contributed by atoms with Gasteiger partial charge in [-0.3, -0.25) is 0 Å². The number of benzene rings is 1. The summed E-state index contributed by atoms with van der Waals surface area (Å²) in [4.78, 5) is 6.48. The fourth-order valence-corrected chi connectivity index (χ4v) is 2.68. The van der Waals surface area contributed by atoms with Crippen LogP contribution >= 0.6 is 11.6 Å². The largest absolute Gasteiger partial charge is 0.366 e. The molecule has 0 saturated carbocycles. The van der Waals surface area contributed by atoms with E-state index in [2.05, 4.69) is 16.0 Å². The van der Waals surface area contributed by atoms with Gasteiger partial charge in [-0.1, -0.05) is 23.7 Å². The van der Waals surface area contributed by atoms with Crippen molar-refractivity contribution in [3.8, 4) is 0 Å². The van der Waals surface area contributed by atoms with E-state index in [-0.39, 0.29) is 6.04 Å². The maximum absolute atomic E-state index is 6.38. The van der Waals surface area contributed by atoms with E-state index in [4.69, 9.17) is 17.3 Å². The van der Waals surface area contributed by atoms with Crippen LogP contribution in [0.4, 0.5) is 5.69 Å². The molecule has 2 rings (SSSR count). The molecule has 4 nitrogen and oxygen atoms in total. The first-order chi connectivity index (χ1) is 9.49. The van der Waals surface area contributed by atoms with Crippen LogP contribution in [0.15, 0.2) is 30.6 Å². The van der Waals surface area contributed by atoms with Crippen molar-refractivity contribution in [3.63, 3.8) is 0 Å². The molecule has 1 atom stereocenters. The zero-order valence-electron chi connectivity index (χ0n) is 12.2. The Kier molecular flexibility index (Phi) is 4.68. The number of halogens is 1. The van der Waals surface area contributed by atoms with Gasteiger partial charge in [0.15, 0.2) is 0 Å². The Labute approximate surface area is 125 Å². The molecule has 0 spiro atoms. The van der Waals surface area contributed by atoms with Crippen LogP contribution in [0.5, 0.6) is 0 Å². The summed E-state index contributed by atoms with van der Waals surface area (Å²) < 4.78 is 2.01. The molecule has 1 unspecified atom stereocenters. The molecular weight excluding hydrogens is 272 g/mol. The number of aromatic nitrogens is 2. The third kappa shape index (κ3) is 3.32. The Balaban J connectivity index is 2.28. The first-order valence-corrected chi connectivity index (χ1v) is 7.07. The number of anilines is 1. The van der Waals surface area contributed by atoms with Crippen molar-refractivity contribution in [2.45, 2.75) is 25.9 Å². The third-order valence-corrected chi connectivity index (χ3v) is 3.60. The topological polar surface area (TPSA) is 47.1 Å². The van der Waals surface area contributed by atoms with Crippen LogP contribution in [0.25, 0.3) is 0 Å².